The molecule has 1 aliphatic rings. The number of nitrogens with zero attached hydrogens (tertiary/aromatic N) is 2. The number of aromatic nitrogens is 1. The number of carbonyl (C=O) groups is 1. The van der Waals surface area contributed by atoms with Crippen LogP contribution in [0.1, 0.15) is 23.0 Å². The summed E-state index contributed by atoms with van der Waals surface area (Å²) in [5.41, 5.74) is -0.0950. The first-order chi connectivity index (χ1) is 14.5. The van der Waals surface area contributed by atoms with Gasteiger partial charge in [-0.3, -0.25) is 14.7 Å². The van der Waals surface area contributed by atoms with Gasteiger partial charge < -0.3 is 25.0 Å². The van der Waals surface area contributed by atoms with Crippen molar-refractivity contribution in [3.05, 3.63) is 59.9 Å². The molecule has 8 nitrogen and oxygen atoms in total. The van der Waals surface area contributed by atoms with Crippen molar-refractivity contribution in [1.82, 2.24) is 15.2 Å². The van der Waals surface area contributed by atoms with Crippen molar-refractivity contribution in [3.63, 3.8) is 0 Å². The van der Waals surface area contributed by atoms with Crippen LogP contribution in [0.4, 0.5) is 0 Å². The molecule has 0 radical (unpaired) electrons. The fourth-order valence-electron chi connectivity index (χ4n) is 3.40. The summed E-state index contributed by atoms with van der Waals surface area (Å²) in [5, 5.41) is 23.9. The van der Waals surface area contributed by atoms with Gasteiger partial charge >= 0.3 is 0 Å². The van der Waals surface area contributed by atoms with Crippen LogP contribution in [0.3, 0.4) is 0 Å². The molecule has 1 aromatic carbocycles. The molecule has 2 heterocycles. The number of likely N-dealkylation sites (tertiary alicyclic amines) is 1. The summed E-state index contributed by atoms with van der Waals surface area (Å²) in [7, 11) is 0. The Hall–Kier alpha value is -2.52. The fraction of sp³-hybridized carbons (Fsp3) is 0.455. The van der Waals surface area contributed by atoms with Crippen LogP contribution in [-0.4, -0.2) is 77.2 Å². The third-order valence-electron chi connectivity index (χ3n) is 5.03. The highest BCUT2D eigenvalue weighted by Gasteiger charge is 2.44. The lowest BCUT2D eigenvalue weighted by molar-refractivity contribution is -0.0377. The lowest BCUT2D eigenvalue weighted by atomic mass is 10.0. The van der Waals surface area contributed by atoms with Crippen LogP contribution in [0.5, 0.6) is 5.75 Å². The zero-order valence-corrected chi connectivity index (χ0v) is 17.2. The number of aliphatic hydroxyl groups excluding tert-OH is 1. The number of rotatable bonds is 10. The van der Waals surface area contributed by atoms with E-state index in [0.717, 1.165) is 11.3 Å². The molecule has 0 unspecified atom stereocenters. The Morgan fingerprint density at radius 2 is 2.07 bits per heavy atom. The average Bonchev–Trinajstić information content (AvgIpc) is 3.04. The van der Waals surface area contributed by atoms with Crippen molar-refractivity contribution in [1.29, 1.82) is 0 Å². The van der Waals surface area contributed by atoms with E-state index in [1.807, 2.05) is 36.1 Å². The summed E-state index contributed by atoms with van der Waals surface area (Å²) in [5.74, 6) is 0.392. The Morgan fingerprint density at radius 1 is 1.27 bits per heavy atom. The molecule has 3 N–H and O–H groups in total. The van der Waals surface area contributed by atoms with Gasteiger partial charge in [-0.2, -0.15) is 0 Å². The number of aliphatic hydroxyl groups is 2. The molecule has 0 spiro atoms. The maximum atomic E-state index is 12.2. The van der Waals surface area contributed by atoms with Crippen molar-refractivity contribution in [3.8, 4) is 5.75 Å². The van der Waals surface area contributed by atoms with Gasteiger partial charge in [0.25, 0.3) is 5.91 Å². The molecule has 1 amide bonds. The molecule has 1 aromatic heterocycles. The van der Waals surface area contributed by atoms with Crippen molar-refractivity contribution in [2.75, 3.05) is 39.5 Å². The van der Waals surface area contributed by atoms with Gasteiger partial charge in [0, 0.05) is 32.4 Å². The average molecular weight is 415 g/mol. The minimum Gasteiger partial charge on any atom is -0.491 e. The van der Waals surface area contributed by atoms with Gasteiger partial charge in [0.1, 0.15) is 23.7 Å². The predicted octanol–water partition coefficient (Wildman–Crippen LogP) is 0.835. The summed E-state index contributed by atoms with van der Waals surface area (Å²) in [4.78, 5) is 18.1. The van der Waals surface area contributed by atoms with Crippen LogP contribution in [0.2, 0.25) is 0 Å². The van der Waals surface area contributed by atoms with E-state index in [1.165, 1.54) is 6.20 Å². The summed E-state index contributed by atoms with van der Waals surface area (Å²) in [6.07, 6.45) is 0.577. The van der Waals surface area contributed by atoms with Gasteiger partial charge in [-0.25, -0.2) is 0 Å². The van der Waals surface area contributed by atoms with Crippen LogP contribution >= 0.6 is 0 Å². The second kappa shape index (κ2) is 10.5. The predicted molar refractivity (Wildman–Crippen MR) is 111 cm³/mol. The van der Waals surface area contributed by atoms with E-state index in [4.69, 9.17) is 9.47 Å². The highest BCUT2D eigenvalue weighted by molar-refractivity contribution is 5.92. The van der Waals surface area contributed by atoms with E-state index in [0.29, 0.717) is 32.9 Å². The van der Waals surface area contributed by atoms with Crippen molar-refractivity contribution < 1.29 is 24.5 Å². The van der Waals surface area contributed by atoms with Gasteiger partial charge in [0.05, 0.1) is 19.3 Å². The van der Waals surface area contributed by atoms with E-state index in [-0.39, 0.29) is 24.7 Å². The molecule has 162 valence electrons. The number of amides is 1. The number of hydrogen-bond donors (Lipinski definition) is 3. The van der Waals surface area contributed by atoms with E-state index < -0.39 is 11.7 Å². The van der Waals surface area contributed by atoms with Gasteiger partial charge in [-0.15, -0.1) is 0 Å². The van der Waals surface area contributed by atoms with Crippen LogP contribution in [0, 0.1) is 0 Å². The normalized spacial score (nSPS) is 21.5. The first-order valence-corrected chi connectivity index (χ1v) is 10.1. The van der Waals surface area contributed by atoms with Crippen molar-refractivity contribution in [2.24, 2.45) is 0 Å². The minimum absolute atomic E-state index is 0.0489. The highest BCUT2D eigenvalue weighted by Crippen LogP contribution is 2.24. The van der Waals surface area contributed by atoms with E-state index in [9.17, 15) is 15.0 Å². The van der Waals surface area contributed by atoms with Gasteiger partial charge in [0.15, 0.2) is 0 Å². The largest absolute Gasteiger partial charge is 0.491 e. The maximum Gasteiger partial charge on any atom is 0.269 e. The van der Waals surface area contributed by atoms with Gasteiger partial charge in [-0.1, -0.05) is 18.2 Å². The number of pyridine rings is 1. The lowest BCUT2D eigenvalue weighted by Gasteiger charge is -2.26. The Balaban J connectivity index is 1.48. The molecule has 30 heavy (non-hydrogen) atoms. The maximum absolute atomic E-state index is 12.2. The van der Waals surface area contributed by atoms with E-state index >= 15 is 0 Å². The Morgan fingerprint density at radius 3 is 2.77 bits per heavy atom. The fourth-order valence-corrected chi connectivity index (χ4v) is 3.40. The van der Waals surface area contributed by atoms with Crippen LogP contribution in [0.15, 0.2) is 48.7 Å². The molecular formula is C22H29N3O5. The number of benzene rings is 1. The van der Waals surface area contributed by atoms with Crippen LogP contribution < -0.4 is 10.1 Å². The topological polar surface area (TPSA) is 104 Å². The number of ether oxygens (including phenoxy) is 2. The monoisotopic (exact) mass is 415 g/mol. The molecular weight excluding hydrogens is 386 g/mol. The lowest BCUT2D eigenvalue weighted by Crippen LogP contribution is -2.51. The van der Waals surface area contributed by atoms with Gasteiger partial charge in [0.2, 0.25) is 0 Å². The first-order valence-electron chi connectivity index (χ1n) is 10.1. The molecule has 2 atom stereocenters. The molecule has 0 saturated carbocycles. The summed E-state index contributed by atoms with van der Waals surface area (Å²) < 4.78 is 10.9. The number of β-amino-alcohol motifs (C(OH)–C–C–N with tert-alkyl or cyclic N) is 2. The molecule has 2 aromatic rings. The summed E-state index contributed by atoms with van der Waals surface area (Å²) in [6, 6.07) is 12.8. The molecule has 1 aliphatic heterocycles. The quantitative estimate of drug-likeness (QED) is 0.494. The van der Waals surface area contributed by atoms with Crippen molar-refractivity contribution in [2.45, 2.75) is 25.2 Å². The minimum atomic E-state index is -1.41. The Kier molecular flexibility index (Phi) is 7.75. The molecule has 1 fully saturated rings. The SMILES string of the molecule is CCOCCOc1ccc(CN2C[C@@H](O)[C@](O)(CNC(=O)c3ccccn3)C2)cc1. The van der Waals surface area contributed by atoms with Crippen molar-refractivity contribution >= 4 is 5.91 Å². The Labute approximate surface area is 176 Å². The summed E-state index contributed by atoms with van der Waals surface area (Å²) >= 11 is 0. The zero-order chi connectivity index (χ0) is 21.4. The third-order valence-corrected chi connectivity index (χ3v) is 5.03. The Bertz CT molecular complexity index is 802. The third kappa shape index (κ3) is 5.99. The first kappa shape index (κ1) is 22.2. The van der Waals surface area contributed by atoms with E-state index in [2.05, 4.69) is 10.3 Å². The number of hydrogen-bond acceptors (Lipinski definition) is 7. The van der Waals surface area contributed by atoms with E-state index in [1.54, 1.807) is 18.2 Å². The van der Waals surface area contributed by atoms with Gasteiger partial charge in [-0.05, 0) is 36.8 Å². The second-order valence-electron chi connectivity index (χ2n) is 7.38. The zero-order valence-electron chi connectivity index (χ0n) is 17.2. The molecule has 3 rings (SSSR count). The summed E-state index contributed by atoms with van der Waals surface area (Å²) in [6.45, 7) is 4.77. The number of nitrogens with one attached hydrogen (secondary N) is 1. The smallest absolute Gasteiger partial charge is 0.269 e. The molecule has 0 bridgehead atoms. The second-order valence-corrected chi connectivity index (χ2v) is 7.38. The molecule has 1 saturated heterocycles. The number of carbonyl (C=O) groups excluding carboxylic acids is 1. The van der Waals surface area contributed by atoms with Crippen LogP contribution in [0.25, 0.3) is 0 Å². The molecule has 8 heteroatoms. The molecule has 0 aliphatic carbocycles. The standard InChI is InChI=1S/C22H29N3O5/c1-2-29-11-12-30-18-8-6-17(7-9-18)13-25-14-20(26)22(28,16-25)15-24-21(27)19-5-3-4-10-23-19/h3-10,20,26,28H,2,11-16H2,1H3,(H,24,27)/t20-,22+/m1/s1. The van der Waals surface area contributed by atoms with Crippen LogP contribution in [-0.2, 0) is 11.3 Å². The highest BCUT2D eigenvalue weighted by atomic mass is 16.5.